The number of ketones is 1. The maximum atomic E-state index is 14.4. The monoisotopic (exact) mass is 448 g/mol. The van der Waals surface area contributed by atoms with E-state index in [0.29, 0.717) is 30.0 Å². The van der Waals surface area contributed by atoms with E-state index in [9.17, 15) is 14.7 Å². The van der Waals surface area contributed by atoms with Crippen LogP contribution in [-0.2, 0) is 15.1 Å². The van der Waals surface area contributed by atoms with Crippen LogP contribution < -0.4 is 10.6 Å². The Morgan fingerprint density at radius 3 is 2.64 bits per heavy atom. The molecule has 1 aromatic carbocycles. The van der Waals surface area contributed by atoms with Crippen molar-refractivity contribution in [2.75, 3.05) is 11.9 Å². The molecule has 7 heteroatoms. The summed E-state index contributed by atoms with van der Waals surface area (Å²) in [6.45, 7) is 2.05. The summed E-state index contributed by atoms with van der Waals surface area (Å²) in [5, 5.41) is 11.1. The van der Waals surface area contributed by atoms with E-state index in [1.54, 1.807) is 43.6 Å². The first kappa shape index (κ1) is 23.1. The highest BCUT2D eigenvalue weighted by Gasteiger charge is 2.55. The highest BCUT2D eigenvalue weighted by Crippen LogP contribution is 2.42. The molecular weight excluding hydrogens is 416 g/mol. The number of Topliss-reactive ketones (excluding diaryl/α,β-unsaturated/α-hetero) is 1. The van der Waals surface area contributed by atoms with Gasteiger partial charge >= 0.3 is 0 Å². The first-order valence-electron chi connectivity index (χ1n) is 11.8. The van der Waals surface area contributed by atoms with Crippen LogP contribution in [0.15, 0.2) is 53.7 Å². The molecule has 0 spiro atoms. The second-order valence-electron chi connectivity index (χ2n) is 9.16. The molecule has 0 radical (unpaired) electrons. The Hall–Kier alpha value is -3.06. The third kappa shape index (κ3) is 4.29. The lowest BCUT2D eigenvalue weighted by molar-refractivity contribution is -0.140. The lowest BCUT2D eigenvalue weighted by Gasteiger charge is -2.34. The number of hydrogen-bond acceptors (Lipinski definition) is 6. The molecule has 3 atom stereocenters. The van der Waals surface area contributed by atoms with Crippen molar-refractivity contribution in [2.24, 2.45) is 22.6 Å². The number of nitrogens with zero attached hydrogens (tertiary/aromatic N) is 3. The number of amides is 1. The number of carbonyl (C=O) groups excluding carboxylic acids is 2. The molecule has 4 rings (SSSR count). The SMILES string of the molecule is CCCC[C@H](O)[C@@H](CC1CC1)C(=O)C1(c2ccccn2)N=C(N)c2ccccc2N(C)C1=O. The Kier molecular flexibility index (Phi) is 6.61. The Bertz CT molecular complexity index is 1050. The van der Waals surface area contributed by atoms with Crippen LogP contribution >= 0.6 is 0 Å². The van der Waals surface area contributed by atoms with Crippen molar-refractivity contribution in [3.63, 3.8) is 0 Å². The first-order chi connectivity index (χ1) is 15.9. The molecule has 1 unspecified atom stereocenters. The van der Waals surface area contributed by atoms with Gasteiger partial charge in [-0.05, 0) is 43.0 Å². The van der Waals surface area contributed by atoms with Gasteiger partial charge in [-0.25, -0.2) is 4.99 Å². The molecule has 7 nitrogen and oxygen atoms in total. The number of likely N-dealkylation sites (N-methyl/N-ethyl adjacent to an activating group) is 1. The van der Waals surface area contributed by atoms with Gasteiger partial charge in [-0.2, -0.15) is 0 Å². The largest absolute Gasteiger partial charge is 0.392 e. The molecule has 1 aliphatic carbocycles. The van der Waals surface area contributed by atoms with Crippen molar-refractivity contribution in [3.8, 4) is 0 Å². The summed E-state index contributed by atoms with van der Waals surface area (Å²) in [5.74, 6) is -1.17. The fourth-order valence-electron chi connectivity index (χ4n) is 4.69. The molecule has 1 amide bonds. The second kappa shape index (κ2) is 9.43. The summed E-state index contributed by atoms with van der Waals surface area (Å²) in [4.78, 5) is 39.0. The van der Waals surface area contributed by atoms with Crippen LogP contribution in [-0.4, -0.2) is 40.8 Å². The number of fused-ring (bicyclic) bond motifs is 1. The zero-order valence-electron chi connectivity index (χ0n) is 19.3. The highest BCUT2D eigenvalue weighted by atomic mass is 16.3. The number of benzodiazepines with no additional fused rings is 1. The van der Waals surface area contributed by atoms with Gasteiger partial charge in [0.2, 0.25) is 5.54 Å². The van der Waals surface area contributed by atoms with Crippen LogP contribution in [0.4, 0.5) is 5.69 Å². The normalized spacial score (nSPS) is 22.2. The standard InChI is InChI=1S/C26H32N4O3/c1-3-4-11-21(31)19(16-17-13-14-17)23(32)26(22-12-7-8-15-28-22)25(33)30(2)20-10-6-5-9-18(20)24(27)29-26/h5-10,12,15,17,19,21,31H,3-4,11,13-14,16H2,1-2H3,(H2,27,29)/t19-,21+,26?/m1/s1. The summed E-state index contributed by atoms with van der Waals surface area (Å²) in [5.41, 5.74) is 5.87. The molecule has 0 saturated heterocycles. The molecule has 3 N–H and O–H groups in total. The molecule has 1 saturated carbocycles. The lowest BCUT2D eigenvalue weighted by Crippen LogP contribution is -2.54. The number of hydrogen-bond donors (Lipinski definition) is 2. The Labute approximate surface area is 194 Å². The van der Waals surface area contributed by atoms with Crippen LogP contribution in [0.2, 0.25) is 0 Å². The molecule has 1 fully saturated rings. The van der Waals surface area contributed by atoms with Gasteiger partial charge in [0.05, 0.1) is 17.5 Å². The fraction of sp³-hybridized carbons (Fsp3) is 0.462. The van der Waals surface area contributed by atoms with E-state index in [0.717, 1.165) is 25.7 Å². The topological polar surface area (TPSA) is 109 Å². The Balaban J connectivity index is 1.88. The van der Waals surface area contributed by atoms with Crippen molar-refractivity contribution in [3.05, 3.63) is 59.9 Å². The highest BCUT2D eigenvalue weighted by molar-refractivity contribution is 6.22. The number of rotatable bonds is 9. The summed E-state index contributed by atoms with van der Waals surface area (Å²) in [6, 6.07) is 12.3. The van der Waals surface area contributed by atoms with E-state index in [1.807, 2.05) is 19.1 Å². The van der Waals surface area contributed by atoms with Crippen molar-refractivity contribution >= 4 is 23.2 Å². The predicted molar refractivity (Wildman–Crippen MR) is 128 cm³/mol. The van der Waals surface area contributed by atoms with Gasteiger partial charge in [-0.3, -0.25) is 14.6 Å². The van der Waals surface area contributed by atoms with Crippen molar-refractivity contribution in [2.45, 2.75) is 57.1 Å². The van der Waals surface area contributed by atoms with Crippen molar-refractivity contribution in [1.82, 2.24) is 4.98 Å². The molecule has 174 valence electrons. The third-order valence-electron chi connectivity index (χ3n) is 6.77. The van der Waals surface area contributed by atoms with E-state index in [1.165, 1.54) is 4.90 Å². The van der Waals surface area contributed by atoms with Crippen LogP contribution in [0.25, 0.3) is 0 Å². The van der Waals surface area contributed by atoms with Gasteiger partial charge in [0, 0.05) is 24.7 Å². The molecule has 1 aliphatic heterocycles. The number of pyridine rings is 1. The number of aliphatic hydroxyl groups is 1. The van der Waals surface area contributed by atoms with Gasteiger partial charge in [-0.1, -0.05) is 50.8 Å². The van der Waals surface area contributed by atoms with E-state index in [2.05, 4.69) is 9.98 Å². The molecule has 0 bridgehead atoms. The quantitative estimate of drug-likeness (QED) is 0.573. The zero-order chi connectivity index (χ0) is 23.6. The van der Waals surface area contributed by atoms with Crippen LogP contribution in [0.3, 0.4) is 0 Å². The summed E-state index contributed by atoms with van der Waals surface area (Å²) in [6.07, 6.45) is 5.52. The number of aromatic nitrogens is 1. The maximum Gasteiger partial charge on any atom is 0.268 e. The molecule has 33 heavy (non-hydrogen) atoms. The number of aliphatic hydroxyl groups excluding tert-OH is 1. The molecule has 2 heterocycles. The van der Waals surface area contributed by atoms with Gasteiger partial charge in [0.15, 0.2) is 5.78 Å². The predicted octanol–water partition coefficient (Wildman–Crippen LogP) is 3.20. The Morgan fingerprint density at radius 1 is 1.24 bits per heavy atom. The summed E-state index contributed by atoms with van der Waals surface area (Å²) < 4.78 is 0. The van der Waals surface area contributed by atoms with Gasteiger partial charge < -0.3 is 15.7 Å². The first-order valence-corrected chi connectivity index (χ1v) is 11.8. The van der Waals surface area contributed by atoms with Gasteiger partial charge in [0.1, 0.15) is 5.84 Å². The Morgan fingerprint density at radius 2 is 1.97 bits per heavy atom. The van der Waals surface area contributed by atoms with Crippen molar-refractivity contribution in [1.29, 1.82) is 0 Å². The second-order valence-corrected chi connectivity index (χ2v) is 9.16. The number of amidine groups is 1. The minimum absolute atomic E-state index is 0.107. The summed E-state index contributed by atoms with van der Waals surface area (Å²) >= 11 is 0. The number of unbranched alkanes of at least 4 members (excludes halogenated alkanes) is 1. The number of aliphatic imine (C=N–C) groups is 1. The minimum atomic E-state index is -1.95. The average Bonchev–Trinajstić information content (AvgIpc) is 3.68. The minimum Gasteiger partial charge on any atom is -0.392 e. The number of carbonyl (C=O) groups is 2. The fourth-order valence-corrected chi connectivity index (χ4v) is 4.69. The van der Waals surface area contributed by atoms with E-state index < -0.39 is 29.3 Å². The number of para-hydroxylation sites is 1. The van der Waals surface area contributed by atoms with Crippen LogP contribution in [0.5, 0.6) is 0 Å². The lowest BCUT2D eigenvalue weighted by atomic mass is 9.76. The summed E-state index contributed by atoms with van der Waals surface area (Å²) in [7, 11) is 1.63. The van der Waals surface area contributed by atoms with Crippen LogP contribution in [0.1, 0.15) is 56.7 Å². The third-order valence-corrected chi connectivity index (χ3v) is 6.77. The van der Waals surface area contributed by atoms with Crippen molar-refractivity contribution < 1.29 is 14.7 Å². The molecule has 1 aromatic heterocycles. The number of anilines is 1. The number of nitrogens with two attached hydrogens (primary N) is 1. The molecule has 2 aliphatic rings. The molecule has 2 aromatic rings. The van der Waals surface area contributed by atoms with E-state index in [-0.39, 0.29) is 11.5 Å². The maximum absolute atomic E-state index is 14.4. The van der Waals surface area contributed by atoms with E-state index >= 15 is 0 Å². The van der Waals surface area contributed by atoms with E-state index in [4.69, 9.17) is 5.73 Å². The van der Waals surface area contributed by atoms with Gasteiger partial charge in [0.25, 0.3) is 5.91 Å². The molecular formula is C26H32N4O3. The van der Waals surface area contributed by atoms with Gasteiger partial charge in [-0.15, -0.1) is 0 Å². The number of benzene rings is 1. The zero-order valence-corrected chi connectivity index (χ0v) is 19.3. The average molecular weight is 449 g/mol. The van der Waals surface area contributed by atoms with Crippen LogP contribution in [0, 0.1) is 11.8 Å². The smallest absolute Gasteiger partial charge is 0.268 e.